The van der Waals surface area contributed by atoms with Gasteiger partial charge in [0.2, 0.25) is 0 Å². The van der Waals surface area contributed by atoms with Crippen LogP contribution in [0.25, 0.3) is 0 Å². The van der Waals surface area contributed by atoms with Crippen LogP contribution in [0.4, 0.5) is 36.8 Å². The minimum atomic E-state index is -4.98. The fourth-order valence-corrected chi connectivity index (χ4v) is 5.74. The molecular weight excluding hydrogens is 566 g/mol. The zero-order valence-corrected chi connectivity index (χ0v) is 23.4. The van der Waals surface area contributed by atoms with E-state index in [1.807, 2.05) is 12.1 Å². The largest absolute Gasteiger partial charge is 0.443 e. The van der Waals surface area contributed by atoms with E-state index in [1.165, 1.54) is 0 Å². The number of anilines is 1. The van der Waals surface area contributed by atoms with Crippen LogP contribution in [-0.4, -0.2) is 29.4 Å². The summed E-state index contributed by atoms with van der Waals surface area (Å²) in [5.41, 5.74) is 5.17. The second-order valence-corrected chi connectivity index (χ2v) is 11.8. The highest BCUT2D eigenvalue weighted by molar-refractivity contribution is 5.89. The number of hydrogen-bond donors (Lipinski definition) is 2. The Kier molecular flexibility index (Phi) is 7.90. The topological polar surface area (TPSA) is 81.6 Å². The molecule has 2 aromatic rings. The van der Waals surface area contributed by atoms with Gasteiger partial charge in [0.15, 0.2) is 6.29 Å². The normalized spacial score (nSPS) is 20.8. The maximum absolute atomic E-state index is 13.7. The van der Waals surface area contributed by atoms with Crippen molar-refractivity contribution in [2.24, 2.45) is 10.3 Å². The number of carbonyl (C=O) groups is 1. The molecule has 1 aliphatic carbocycles. The van der Waals surface area contributed by atoms with Crippen LogP contribution in [0.5, 0.6) is 0 Å². The number of rotatable bonds is 4. The fourth-order valence-electron chi connectivity index (χ4n) is 5.74. The summed E-state index contributed by atoms with van der Waals surface area (Å²) in [6.45, 7) is 5.32. The minimum Gasteiger partial charge on any atom is -0.443 e. The smallest absolute Gasteiger partial charge is 0.416 e. The first kappa shape index (κ1) is 30.1. The van der Waals surface area contributed by atoms with Crippen LogP contribution in [0.1, 0.15) is 79.5 Å². The summed E-state index contributed by atoms with van der Waals surface area (Å²) < 4.78 is 87.6. The molecule has 1 amide bonds. The van der Waals surface area contributed by atoms with Gasteiger partial charge in [-0.3, -0.25) is 9.80 Å². The molecule has 1 unspecified atom stereocenters. The van der Waals surface area contributed by atoms with Gasteiger partial charge in [0.05, 0.1) is 16.8 Å². The summed E-state index contributed by atoms with van der Waals surface area (Å²) in [7, 11) is 0. The Morgan fingerprint density at radius 2 is 1.62 bits per heavy atom. The van der Waals surface area contributed by atoms with Crippen LogP contribution in [0.15, 0.2) is 40.7 Å². The van der Waals surface area contributed by atoms with Crippen LogP contribution >= 0.6 is 0 Å². The predicted octanol–water partition coefficient (Wildman–Crippen LogP) is 7.05. The Labute approximate surface area is 239 Å². The highest BCUT2D eigenvalue weighted by Crippen LogP contribution is 2.43. The van der Waals surface area contributed by atoms with Gasteiger partial charge in [-0.2, -0.15) is 31.8 Å². The summed E-state index contributed by atoms with van der Waals surface area (Å²) >= 11 is 0. The molecule has 2 aromatic carbocycles. The highest BCUT2D eigenvalue weighted by atomic mass is 19.4. The van der Waals surface area contributed by atoms with E-state index < -0.39 is 47.5 Å². The van der Waals surface area contributed by atoms with Crippen molar-refractivity contribution >= 4 is 11.8 Å². The number of ether oxygens (including phenoxy) is 1. The Morgan fingerprint density at radius 3 is 2.19 bits per heavy atom. The monoisotopic (exact) mass is 598 g/mol. The quantitative estimate of drug-likeness (QED) is 0.369. The molecule has 2 atom stereocenters. The van der Waals surface area contributed by atoms with Gasteiger partial charge < -0.3 is 4.74 Å². The first-order valence-electron chi connectivity index (χ1n) is 13.7. The van der Waals surface area contributed by atoms with Crippen molar-refractivity contribution in [2.75, 3.05) is 11.4 Å². The maximum Gasteiger partial charge on any atom is 0.416 e. The summed E-state index contributed by atoms with van der Waals surface area (Å²) in [6.07, 6.45) is -7.83. The van der Waals surface area contributed by atoms with E-state index in [-0.39, 0.29) is 18.2 Å². The van der Waals surface area contributed by atoms with Crippen LogP contribution in [0.2, 0.25) is 0 Å². The molecule has 0 radical (unpaired) electrons. The van der Waals surface area contributed by atoms with Gasteiger partial charge in [0, 0.05) is 19.1 Å². The number of hydrogen-bond acceptors (Lipinski definition) is 7. The number of nitrogens with one attached hydrogen (secondary N) is 2. The number of halogens is 6. The lowest BCUT2D eigenvalue weighted by Crippen LogP contribution is -2.46. The van der Waals surface area contributed by atoms with Crippen LogP contribution < -0.4 is 15.9 Å². The molecule has 14 heteroatoms. The molecule has 0 aromatic heterocycles. The molecule has 0 bridgehead atoms. The van der Waals surface area contributed by atoms with E-state index in [9.17, 15) is 31.1 Å². The molecule has 42 heavy (non-hydrogen) atoms. The Hall–Kier alpha value is -3.39. The Morgan fingerprint density at radius 1 is 0.976 bits per heavy atom. The van der Waals surface area contributed by atoms with E-state index in [0.29, 0.717) is 25.1 Å². The molecule has 0 saturated carbocycles. The lowest BCUT2D eigenvalue weighted by atomic mass is 9.95. The summed E-state index contributed by atoms with van der Waals surface area (Å²) in [5, 5.41) is 7.84. The molecule has 0 spiro atoms. The summed E-state index contributed by atoms with van der Waals surface area (Å²) in [4.78, 5) is 16.6. The first-order chi connectivity index (χ1) is 19.6. The van der Waals surface area contributed by atoms with Crippen molar-refractivity contribution < 1.29 is 35.9 Å². The van der Waals surface area contributed by atoms with E-state index in [0.717, 1.165) is 48.1 Å². The molecule has 5 rings (SSSR count). The van der Waals surface area contributed by atoms with E-state index in [2.05, 4.69) is 21.3 Å². The van der Waals surface area contributed by atoms with Crippen molar-refractivity contribution in [2.45, 2.75) is 89.7 Å². The highest BCUT2D eigenvalue weighted by Gasteiger charge is 2.40. The second kappa shape index (κ2) is 11.0. The fraction of sp³-hybridized carbons (Fsp3) is 0.536. The van der Waals surface area contributed by atoms with E-state index in [1.54, 1.807) is 30.6 Å². The van der Waals surface area contributed by atoms with Crippen LogP contribution in [0, 0.1) is 0 Å². The molecule has 2 aliphatic heterocycles. The van der Waals surface area contributed by atoms with E-state index >= 15 is 0 Å². The third-order valence-corrected chi connectivity index (χ3v) is 7.50. The van der Waals surface area contributed by atoms with Crippen molar-refractivity contribution in [1.82, 2.24) is 15.9 Å². The van der Waals surface area contributed by atoms with Crippen molar-refractivity contribution in [3.8, 4) is 0 Å². The van der Waals surface area contributed by atoms with E-state index in [4.69, 9.17) is 4.74 Å². The Bertz CT molecular complexity index is 1340. The van der Waals surface area contributed by atoms with Gasteiger partial charge >= 0.3 is 18.4 Å². The molecule has 228 valence electrons. The predicted molar refractivity (Wildman–Crippen MR) is 141 cm³/mol. The van der Waals surface area contributed by atoms with Crippen molar-refractivity contribution in [3.05, 3.63) is 63.7 Å². The number of fused-ring (bicyclic) bond motifs is 2. The average Bonchev–Trinajstić information content (AvgIpc) is 3.53. The SMILES string of the molecule is CC(C)(C)OC(=O)N1CCC[C@H](N(Cc2cc(C(F)(F)F)cc(C(F)(F)F)c2)C2N=NNN2)c2cc3c(cc21)CCC3. The minimum absolute atomic E-state index is 0.117. The molecule has 2 N–H and O–H groups in total. The van der Waals surface area contributed by atoms with Gasteiger partial charge in [-0.1, -0.05) is 11.3 Å². The average molecular weight is 599 g/mol. The molecular formula is C28H32F6N6O2. The first-order valence-corrected chi connectivity index (χ1v) is 13.7. The number of carbonyl (C=O) groups excluding carboxylic acids is 1. The number of alkyl halides is 6. The second-order valence-electron chi connectivity index (χ2n) is 11.8. The molecule has 2 heterocycles. The van der Waals surface area contributed by atoms with Crippen LogP contribution in [0.3, 0.4) is 0 Å². The van der Waals surface area contributed by atoms with Crippen molar-refractivity contribution in [1.29, 1.82) is 0 Å². The van der Waals surface area contributed by atoms with Crippen LogP contribution in [-0.2, 0) is 36.5 Å². The van der Waals surface area contributed by atoms with Gasteiger partial charge in [-0.05, 0) is 99.4 Å². The third kappa shape index (κ3) is 6.48. The molecule has 0 saturated heterocycles. The zero-order valence-electron chi connectivity index (χ0n) is 23.4. The van der Waals surface area contributed by atoms with Gasteiger partial charge in [-0.15, -0.1) is 5.11 Å². The lowest BCUT2D eigenvalue weighted by Gasteiger charge is -2.35. The number of hydrazine groups is 1. The number of benzene rings is 2. The maximum atomic E-state index is 13.7. The summed E-state index contributed by atoms with van der Waals surface area (Å²) in [5.74, 6) is 0. The number of amides is 1. The lowest BCUT2D eigenvalue weighted by molar-refractivity contribution is -0.143. The van der Waals surface area contributed by atoms with Crippen molar-refractivity contribution in [3.63, 3.8) is 0 Å². The summed E-state index contributed by atoms with van der Waals surface area (Å²) in [6, 6.07) is 5.02. The van der Waals surface area contributed by atoms with Gasteiger partial charge in [0.25, 0.3) is 0 Å². The molecule has 0 fully saturated rings. The number of aryl methyl sites for hydroxylation is 2. The van der Waals surface area contributed by atoms with Gasteiger partial charge in [-0.25, -0.2) is 10.3 Å². The standard InChI is InChI=1S/C28H32F6N6O2/c1-26(2,3)42-25(41)39-9-5-8-22(21-12-17-6-4-7-18(17)13-23(21)39)40(24-35-37-38-36-24)15-16-10-19(27(29,30)31)14-20(11-16)28(32,33)34/h10-14,22,24H,4-9,15H2,1-3H3,(H,35,38)(H,36,37)/t22-/m0/s1. The third-order valence-electron chi connectivity index (χ3n) is 7.50. The molecule has 8 nitrogen and oxygen atoms in total. The Balaban J connectivity index is 1.60. The number of nitrogens with zero attached hydrogens (tertiary/aromatic N) is 4. The van der Waals surface area contributed by atoms with Gasteiger partial charge in [0.1, 0.15) is 5.60 Å². The zero-order chi connectivity index (χ0) is 30.4. The molecule has 3 aliphatic rings.